The van der Waals surface area contributed by atoms with Gasteiger partial charge in [0.25, 0.3) is 0 Å². The van der Waals surface area contributed by atoms with Crippen LogP contribution < -0.4 is 5.32 Å². The second-order valence-electron chi connectivity index (χ2n) is 5.20. The number of rotatable bonds is 5. The lowest BCUT2D eigenvalue weighted by Crippen LogP contribution is -2.21. The molecule has 1 N–H and O–H groups in total. The third kappa shape index (κ3) is 3.10. The SMILES string of the molecule is CCNC(Cc1cccs1)c1cc2c(s1)CCCC2. The summed E-state index contributed by atoms with van der Waals surface area (Å²) in [5, 5.41) is 5.84. The number of fused-ring (bicyclic) bond motifs is 1. The van der Waals surface area contributed by atoms with Gasteiger partial charge in [0, 0.05) is 27.1 Å². The largest absolute Gasteiger partial charge is 0.309 e. The lowest BCUT2D eigenvalue weighted by molar-refractivity contribution is 0.561. The molecular weight excluding hydrogens is 270 g/mol. The molecule has 3 heteroatoms. The predicted molar refractivity (Wildman–Crippen MR) is 85.4 cm³/mol. The van der Waals surface area contributed by atoms with E-state index in [-0.39, 0.29) is 0 Å². The molecule has 1 nitrogen and oxygen atoms in total. The second-order valence-corrected chi connectivity index (χ2v) is 7.40. The fourth-order valence-electron chi connectivity index (χ4n) is 2.84. The Balaban J connectivity index is 1.80. The molecule has 1 aliphatic rings. The van der Waals surface area contributed by atoms with E-state index in [1.54, 1.807) is 15.3 Å². The Hall–Kier alpha value is -0.640. The highest BCUT2D eigenvalue weighted by molar-refractivity contribution is 7.12. The molecule has 1 atom stereocenters. The van der Waals surface area contributed by atoms with Crippen LogP contribution >= 0.6 is 22.7 Å². The van der Waals surface area contributed by atoms with Crippen molar-refractivity contribution in [3.63, 3.8) is 0 Å². The van der Waals surface area contributed by atoms with Gasteiger partial charge in [0.2, 0.25) is 0 Å². The van der Waals surface area contributed by atoms with Gasteiger partial charge in [0.1, 0.15) is 0 Å². The van der Waals surface area contributed by atoms with Crippen molar-refractivity contribution in [2.24, 2.45) is 0 Å². The molecule has 2 heterocycles. The Labute approximate surface area is 123 Å². The molecule has 0 aliphatic heterocycles. The molecule has 0 fully saturated rings. The number of thiophene rings is 2. The summed E-state index contributed by atoms with van der Waals surface area (Å²) >= 11 is 3.92. The van der Waals surface area contributed by atoms with Gasteiger partial charge in [-0.3, -0.25) is 0 Å². The summed E-state index contributed by atoms with van der Waals surface area (Å²) < 4.78 is 0. The molecule has 0 saturated heterocycles. The van der Waals surface area contributed by atoms with Crippen LogP contribution in [0.2, 0.25) is 0 Å². The quantitative estimate of drug-likeness (QED) is 0.850. The average Bonchev–Trinajstić information content (AvgIpc) is 3.06. The third-order valence-electron chi connectivity index (χ3n) is 3.80. The van der Waals surface area contributed by atoms with E-state index in [2.05, 4.69) is 35.8 Å². The van der Waals surface area contributed by atoms with Crippen LogP contribution in [-0.2, 0) is 19.3 Å². The number of aryl methyl sites for hydroxylation is 2. The molecule has 2 aromatic heterocycles. The summed E-state index contributed by atoms with van der Waals surface area (Å²) in [6.45, 7) is 3.24. The first-order valence-corrected chi connectivity index (χ1v) is 8.93. The molecule has 0 radical (unpaired) electrons. The standard InChI is InChI=1S/C16H21NS2/c1-2-17-14(11-13-7-5-9-18-13)16-10-12-6-3-4-8-15(12)19-16/h5,7,9-10,14,17H,2-4,6,8,11H2,1H3. The number of likely N-dealkylation sites (N-methyl/N-ethyl adjacent to an activating group) is 1. The summed E-state index contributed by atoms with van der Waals surface area (Å²) in [7, 11) is 0. The number of hydrogen-bond acceptors (Lipinski definition) is 3. The zero-order valence-corrected chi connectivity index (χ0v) is 13.1. The van der Waals surface area contributed by atoms with Gasteiger partial charge in [0.15, 0.2) is 0 Å². The van der Waals surface area contributed by atoms with E-state index < -0.39 is 0 Å². The Morgan fingerprint density at radius 2 is 2.21 bits per heavy atom. The number of nitrogens with one attached hydrogen (secondary N) is 1. The van der Waals surface area contributed by atoms with Gasteiger partial charge in [-0.15, -0.1) is 22.7 Å². The fourth-order valence-corrected chi connectivity index (χ4v) is 4.92. The van der Waals surface area contributed by atoms with Crippen LogP contribution in [0.25, 0.3) is 0 Å². The molecule has 0 amide bonds. The summed E-state index contributed by atoms with van der Waals surface area (Å²) in [5.74, 6) is 0. The van der Waals surface area contributed by atoms with Gasteiger partial charge in [0.05, 0.1) is 0 Å². The normalized spacial score (nSPS) is 16.3. The monoisotopic (exact) mass is 291 g/mol. The molecule has 102 valence electrons. The molecule has 19 heavy (non-hydrogen) atoms. The maximum atomic E-state index is 3.66. The van der Waals surface area contributed by atoms with E-state index in [0.29, 0.717) is 6.04 Å². The summed E-state index contributed by atoms with van der Waals surface area (Å²) in [4.78, 5) is 4.68. The van der Waals surface area contributed by atoms with Crippen molar-refractivity contribution in [1.82, 2.24) is 5.32 Å². The molecule has 3 rings (SSSR count). The first-order chi connectivity index (χ1) is 9.36. The van der Waals surface area contributed by atoms with Gasteiger partial charge >= 0.3 is 0 Å². The van der Waals surface area contributed by atoms with Crippen LogP contribution in [0.4, 0.5) is 0 Å². The molecular formula is C16H21NS2. The highest BCUT2D eigenvalue weighted by Gasteiger charge is 2.19. The molecule has 0 aromatic carbocycles. The minimum atomic E-state index is 0.499. The highest BCUT2D eigenvalue weighted by Crippen LogP contribution is 2.34. The van der Waals surface area contributed by atoms with Crippen LogP contribution in [-0.4, -0.2) is 6.54 Å². The highest BCUT2D eigenvalue weighted by atomic mass is 32.1. The van der Waals surface area contributed by atoms with Crippen LogP contribution in [0.5, 0.6) is 0 Å². The first-order valence-electron chi connectivity index (χ1n) is 7.24. The third-order valence-corrected chi connectivity index (χ3v) is 6.04. The van der Waals surface area contributed by atoms with Crippen molar-refractivity contribution >= 4 is 22.7 Å². The fraction of sp³-hybridized carbons (Fsp3) is 0.500. The van der Waals surface area contributed by atoms with E-state index in [4.69, 9.17) is 0 Å². The molecule has 1 aliphatic carbocycles. The molecule has 1 unspecified atom stereocenters. The lowest BCUT2D eigenvalue weighted by Gasteiger charge is -2.15. The van der Waals surface area contributed by atoms with Crippen molar-refractivity contribution in [3.05, 3.63) is 43.8 Å². The Kier molecular flexibility index (Phi) is 4.36. The maximum absolute atomic E-state index is 3.66. The smallest absolute Gasteiger partial charge is 0.0463 e. The van der Waals surface area contributed by atoms with Crippen LogP contribution in [0.1, 0.15) is 46.0 Å². The van der Waals surface area contributed by atoms with Gasteiger partial charge in [-0.1, -0.05) is 13.0 Å². The predicted octanol–water partition coefficient (Wildman–Crippen LogP) is 4.58. The summed E-state index contributed by atoms with van der Waals surface area (Å²) in [6.07, 6.45) is 6.48. The Morgan fingerprint density at radius 1 is 1.32 bits per heavy atom. The topological polar surface area (TPSA) is 12.0 Å². The average molecular weight is 291 g/mol. The maximum Gasteiger partial charge on any atom is 0.0463 e. The van der Waals surface area contributed by atoms with Gasteiger partial charge in [-0.2, -0.15) is 0 Å². The Morgan fingerprint density at radius 3 is 2.95 bits per heavy atom. The lowest BCUT2D eigenvalue weighted by atomic mass is 9.98. The minimum Gasteiger partial charge on any atom is -0.309 e. The van der Waals surface area contributed by atoms with Crippen molar-refractivity contribution in [2.45, 2.75) is 45.1 Å². The molecule has 0 saturated carbocycles. The van der Waals surface area contributed by atoms with E-state index in [0.717, 1.165) is 13.0 Å². The van der Waals surface area contributed by atoms with Crippen molar-refractivity contribution in [3.8, 4) is 0 Å². The minimum absolute atomic E-state index is 0.499. The molecule has 0 spiro atoms. The zero-order chi connectivity index (χ0) is 13.1. The van der Waals surface area contributed by atoms with Crippen LogP contribution in [0.3, 0.4) is 0 Å². The Bertz CT molecular complexity index is 489. The second kappa shape index (κ2) is 6.21. The summed E-state index contributed by atoms with van der Waals surface area (Å²) in [6, 6.07) is 7.38. The van der Waals surface area contributed by atoms with E-state index >= 15 is 0 Å². The van der Waals surface area contributed by atoms with Crippen LogP contribution in [0.15, 0.2) is 23.6 Å². The van der Waals surface area contributed by atoms with Gasteiger partial charge < -0.3 is 5.32 Å². The van der Waals surface area contributed by atoms with Crippen molar-refractivity contribution in [2.75, 3.05) is 6.54 Å². The zero-order valence-electron chi connectivity index (χ0n) is 11.4. The van der Waals surface area contributed by atoms with Crippen molar-refractivity contribution < 1.29 is 0 Å². The first kappa shape index (κ1) is 13.3. The molecule has 2 aromatic rings. The van der Waals surface area contributed by atoms with Crippen molar-refractivity contribution in [1.29, 1.82) is 0 Å². The van der Waals surface area contributed by atoms with E-state index in [1.165, 1.54) is 30.6 Å². The summed E-state index contributed by atoms with van der Waals surface area (Å²) in [5.41, 5.74) is 1.63. The van der Waals surface area contributed by atoms with Crippen LogP contribution in [0, 0.1) is 0 Å². The van der Waals surface area contributed by atoms with Gasteiger partial charge in [-0.25, -0.2) is 0 Å². The van der Waals surface area contributed by atoms with E-state index in [1.807, 2.05) is 22.7 Å². The van der Waals surface area contributed by atoms with E-state index in [9.17, 15) is 0 Å². The molecule has 0 bridgehead atoms. The van der Waals surface area contributed by atoms with Gasteiger partial charge in [-0.05, 0) is 55.3 Å². The number of hydrogen-bond donors (Lipinski definition) is 1.